The van der Waals surface area contributed by atoms with Crippen molar-refractivity contribution < 1.29 is 19.1 Å². The molecule has 2 aromatic rings. The molecule has 0 aliphatic rings. The quantitative estimate of drug-likeness (QED) is 0.478. The van der Waals surface area contributed by atoms with Gasteiger partial charge in [0.1, 0.15) is 12.2 Å². The molecule has 2 aromatic carbocycles. The van der Waals surface area contributed by atoms with Gasteiger partial charge in [-0.3, -0.25) is 0 Å². The second-order valence-corrected chi connectivity index (χ2v) is 7.12. The summed E-state index contributed by atoms with van der Waals surface area (Å²) in [6, 6.07) is 16.4. The van der Waals surface area contributed by atoms with Gasteiger partial charge in [-0.25, -0.2) is 9.59 Å². The Kier molecular flexibility index (Phi) is 7.65. The smallest absolute Gasteiger partial charge is 0.407 e. The Hall–Kier alpha value is -3.26. The number of alkyl carbamates (subject to hydrolysis) is 1. The lowest BCUT2D eigenvalue weighted by Crippen LogP contribution is -2.24. The van der Waals surface area contributed by atoms with Gasteiger partial charge < -0.3 is 14.8 Å². The molecule has 0 aliphatic carbocycles. The van der Waals surface area contributed by atoms with Crippen LogP contribution < -0.4 is 5.32 Å². The van der Waals surface area contributed by atoms with Crippen molar-refractivity contribution in [3.05, 3.63) is 71.3 Å². The molecule has 0 atom stereocenters. The summed E-state index contributed by atoms with van der Waals surface area (Å²) in [6.07, 6.45) is 0.0289. The summed E-state index contributed by atoms with van der Waals surface area (Å²) >= 11 is 0. The molecular weight excluding hydrogens is 354 g/mol. The van der Waals surface area contributed by atoms with Crippen LogP contribution in [0.15, 0.2) is 54.6 Å². The van der Waals surface area contributed by atoms with Crippen LogP contribution >= 0.6 is 0 Å². The predicted octanol–water partition coefficient (Wildman–Crippen LogP) is 4.31. The first kappa shape index (κ1) is 21.0. The zero-order chi connectivity index (χ0) is 20.4. The lowest BCUT2D eigenvalue weighted by molar-refractivity contribution is 0.00694. The van der Waals surface area contributed by atoms with E-state index in [0.717, 1.165) is 11.1 Å². The summed E-state index contributed by atoms with van der Waals surface area (Å²) < 4.78 is 10.4. The molecule has 0 spiro atoms. The van der Waals surface area contributed by atoms with Crippen LogP contribution in [0.1, 0.15) is 48.7 Å². The molecule has 0 aromatic heterocycles. The topological polar surface area (TPSA) is 64.6 Å². The van der Waals surface area contributed by atoms with Crippen LogP contribution in [0.2, 0.25) is 0 Å². The van der Waals surface area contributed by atoms with Gasteiger partial charge in [0.15, 0.2) is 0 Å². The predicted molar refractivity (Wildman–Crippen MR) is 108 cm³/mol. The Morgan fingerprint density at radius 3 is 2.32 bits per heavy atom. The van der Waals surface area contributed by atoms with Crippen molar-refractivity contribution in [3.8, 4) is 11.8 Å². The van der Waals surface area contributed by atoms with Crippen molar-refractivity contribution in [2.75, 3.05) is 6.54 Å². The molecule has 5 nitrogen and oxygen atoms in total. The van der Waals surface area contributed by atoms with Gasteiger partial charge in [0, 0.05) is 18.5 Å². The Labute approximate surface area is 166 Å². The average Bonchev–Trinajstić information content (AvgIpc) is 2.66. The Morgan fingerprint density at radius 2 is 1.68 bits per heavy atom. The van der Waals surface area contributed by atoms with Gasteiger partial charge >= 0.3 is 12.1 Å². The summed E-state index contributed by atoms with van der Waals surface area (Å²) in [6.45, 7) is 6.13. The number of carbonyl (C=O) groups excluding carboxylic acids is 2. The molecule has 0 fully saturated rings. The fourth-order valence-corrected chi connectivity index (χ4v) is 2.19. The summed E-state index contributed by atoms with van der Waals surface area (Å²) in [5.74, 6) is 5.62. The van der Waals surface area contributed by atoms with E-state index >= 15 is 0 Å². The Balaban J connectivity index is 1.71. The normalized spacial score (nSPS) is 10.4. The standard InChI is InChI=1S/C23H25NO4/c1-23(2,3)28-21(25)20-14-12-18(13-15-20)9-7-8-16-24-22(26)27-17-19-10-5-4-6-11-19/h4-6,10-15H,8,16-17H2,1-3H3,(H,24,26). The molecule has 2 rings (SSSR count). The molecule has 5 heteroatoms. The van der Waals surface area contributed by atoms with Crippen LogP contribution in [0.5, 0.6) is 0 Å². The van der Waals surface area contributed by atoms with Crippen LogP contribution in [0, 0.1) is 11.8 Å². The first-order chi connectivity index (χ1) is 13.3. The van der Waals surface area contributed by atoms with E-state index in [0.29, 0.717) is 18.5 Å². The highest BCUT2D eigenvalue weighted by molar-refractivity contribution is 5.89. The van der Waals surface area contributed by atoms with Crippen molar-refractivity contribution in [2.24, 2.45) is 0 Å². The monoisotopic (exact) mass is 379 g/mol. The minimum Gasteiger partial charge on any atom is -0.456 e. The average molecular weight is 379 g/mol. The van der Waals surface area contributed by atoms with Crippen molar-refractivity contribution in [2.45, 2.75) is 39.4 Å². The van der Waals surface area contributed by atoms with Gasteiger partial charge in [-0.15, -0.1) is 0 Å². The van der Waals surface area contributed by atoms with E-state index in [4.69, 9.17) is 9.47 Å². The first-order valence-electron chi connectivity index (χ1n) is 9.10. The molecule has 0 saturated carbocycles. The number of hydrogen-bond acceptors (Lipinski definition) is 4. The van der Waals surface area contributed by atoms with Crippen LogP contribution in [-0.4, -0.2) is 24.2 Å². The fraction of sp³-hybridized carbons (Fsp3) is 0.304. The molecule has 1 N–H and O–H groups in total. The van der Waals surface area contributed by atoms with Gasteiger partial charge in [-0.05, 0) is 50.6 Å². The summed E-state index contributed by atoms with van der Waals surface area (Å²) in [4.78, 5) is 23.6. The minimum atomic E-state index is -0.523. The van der Waals surface area contributed by atoms with E-state index in [2.05, 4.69) is 17.2 Å². The zero-order valence-electron chi connectivity index (χ0n) is 16.5. The zero-order valence-corrected chi connectivity index (χ0v) is 16.5. The SMILES string of the molecule is CC(C)(C)OC(=O)c1ccc(C#CCCNC(=O)OCc2ccccc2)cc1. The number of benzene rings is 2. The van der Waals surface area contributed by atoms with Gasteiger partial charge in [-0.2, -0.15) is 0 Å². The first-order valence-corrected chi connectivity index (χ1v) is 9.10. The van der Waals surface area contributed by atoms with E-state index in [1.807, 2.05) is 51.1 Å². The lowest BCUT2D eigenvalue weighted by Gasteiger charge is -2.19. The van der Waals surface area contributed by atoms with Crippen molar-refractivity contribution in [3.63, 3.8) is 0 Å². The molecule has 0 unspecified atom stereocenters. The van der Waals surface area contributed by atoms with Gasteiger partial charge in [0.05, 0.1) is 5.56 Å². The number of carbonyl (C=O) groups is 2. The van der Waals surface area contributed by atoms with Crippen LogP contribution in [0.4, 0.5) is 4.79 Å². The highest BCUT2D eigenvalue weighted by atomic mass is 16.6. The maximum absolute atomic E-state index is 12.0. The van der Waals surface area contributed by atoms with Crippen LogP contribution in [-0.2, 0) is 16.1 Å². The summed E-state index contributed by atoms with van der Waals surface area (Å²) in [7, 11) is 0. The van der Waals surface area contributed by atoms with Crippen molar-refractivity contribution in [1.29, 1.82) is 0 Å². The molecule has 0 bridgehead atoms. The number of amides is 1. The fourth-order valence-electron chi connectivity index (χ4n) is 2.19. The van der Waals surface area contributed by atoms with Gasteiger partial charge in [0.2, 0.25) is 0 Å². The molecule has 1 amide bonds. The van der Waals surface area contributed by atoms with Crippen molar-refractivity contribution >= 4 is 12.1 Å². The second kappa shape index (κ2) is 10.2. The second-order valence-electron chi connectivity index (χ2n) is 7.12. The molecule has 0 heterocycles. The molecular formula is C23H25NO4. The number of ether oxygens (including phenoxy) is 2. The number of nitrogens with one attached hydrogen (secondary N) is 1. The number of hydrogen-bond donors (Lipinski definition) is 1. The third-order valence-electron chi connectivity index (χ3n) is 3.48. The number of esters is 1. The third kappa shape index (κ3) is 7.96. The lowest BCUT2D eigenvalue weighted by atomic mass is 10.1. The highest BCUT2D eigenvalue weighted by Gasteiger charge is 2.17. The maximum Gasteiger partial charge on any atom is 0.407 e. The maximum atomic E-state index is 12.0. The Bertz CT molecular complexity index is 840. The Morgan fingerprint density at radius 1 is 1.00 bits per heavy atom. The minimum absolute atomic E-state index is 0.238. The molecule has 0 aliphatic heterocycles. The number of rotatable bonds is 5. The van der Waals surface area contributed by atoms with E-state index in [1.165, 1.54) is 0 Å². The molecule has 0 saturated heterocycles. The van der Waals surface area contributed by atoms with Gasteiger partial charge in [-0.1, -0.05) is 42.2 Å². The molecule has 0 radical (unpaired) electrons. The van der Waals surface area contributed by atoms with E-state index in [1.54, 1.807) is 24.3 Å². The highest BCUT2D eigenvalue weighted by Crippen LogP contribution is 2.12. The largest absolute Gasteiger partial charge is 0.456 e. The van der Waals surface area contributed by atoms with E-state index < -0.39 is 11.7 Å². The summed E-state index contributed by atoms with van der Waals surface area (Å²) in [5, 5.41) is 2.66. The van der Waals surface area contributed by atoms with E-state index in [-0.39, 0.29) is 12.6 Å². The van der Waals surface area contributed by atoms with Gasteiger partial charge in [0.25, 0.3) is 0 Å². The van der Waals surface area contributed by atoms with Crippen LogP contribution in [0.25, 0.3) is 0 Å². The van der Waals surface area contributed by atoms with Crippen molar-refractivity contribution in [1.82, 2.24) is 5.32 Å². The summed E-state index contributed by atoms with van der Waals surface area (Å²) in [5.41, 5.74) is 1.69. The third-order valence-corrected chi connectivity index (χ3v) is 3.48. The van der Waals surface area contributed by atoms with E-state index in [9.17, 15) is 9.59 Å². The molecule has 146 valence electrons. The van der Waals surface area contributed by atoms with Crippen LogP contribution in [0.3, 0.4) is 0 Å². The molecule has 28 heavy (non-hydrogen) atoms.